The smallest absolute Gasteiger partial charge is 0.324 e. The second-order valence-corrected chi connectivity index (χ2v) is 5.61. The molecule has 2 aliphatic rings. The molecule has 5 nitrogen and oxygen atoms in total. The number of nitrogens with zero attached hydrogens (tertiary/aromatic N) is 1. The molecule has 0 saturated carbocycles. The summed E-state index contributed by atoms with van der Waals surface area (Å²) in [5, 5.41) is 12.9. The Morgan fingerprint density at radius 3 is 2.53 bits per heavy atom. The van der Waals surface area contributed by atoms with E-state index in [-0.39, 0.29) is 5.60 Å². The quantitative estimate of drug-likeness (QED) is 0.729. The normalized spacial score (nSPS) is 34.5. The van der Waals surface area contributed by atoms with E-state index in [9.17, 15) is 9.90 Å². The fraction of sp³-hybridized carbons (Fsp3) is 0.917. The molecule has 0 aromatic carbocycles. The largest absolute Gasteiger partial charge is 0.480 e. The summed E-state index contributed by atoms with van der Waals surface area (Å²) in [4.78, 5) is 13.9. The Hall–Kier alpha value is -0.650. The van der Waals surface area contributed by atoms with Crippen LogP contribution in [0.3, 0.4) is 0 Å². The monoisotopic (exact) mass is 242 g/mol. The molecular formula is C12H22N2O3. The van der Waals surface area contributed by atoms with Crippen molar-refractivity contribution in [2.24, 2.45) is 0 Å². The van der Waals surface area contributed by atoms with Crippen LogP contribution in [0.1, 0.15) is 26.7 Å². The van der Waals surface area contributed by atoms with Crippen LogP contribution in [-0.4, -0.2) is 59.9 Å². The first-order valence-corrected chi connectivity index (χ1v) is 6.29. The molecule has 2 rings (SSSR count). The summed E-state index contributed by atoms with van der Waals surface area (Å²) < 4.78 is 5.66. The van der Waals surface area contributed by atoms with Gasteiger partial charge in [0.25, 0.3) is 0 Å². The summed E-state index contributed by atoms with van der Waals surface area (Å²) in [5.41, 5.74) is -1.08. The van der Waals surface area contributed by atoms with Crippen molar-refractivity contribution in [3.63, 3.8) is 0 Å². The summed E-state index contributed by atoms with van der Waals surface area (Å²) >= 11 is 0. The van der Waals surface area contributed by atoms with E-state index in [1.807, 2.05) is 13.8 Å². The average Bonchev–Trinajstić information content (AvgIpc) is 2.28. The standard InChI is InChI=1S/C12H22N2O3/c1-11(2)9-12(10(15)16,3-8-17-11)14-6-4-13-5-7-14/h13H,3-9H2,1-2H3,(H,15,16). The van der Waals surface area contributed by atoms with Gasteiger partial charge in [-0.1, -0.05) is 0 Å². The van der Waals surface area contributed by atoms with Crippen molar-refractivity contribution in [2.45, 2.75) is 37.8 Å². The lowest BCUT2D eigenvalue weighted by molar-refractivity contribution is -0.173. The molecule has 2 heterocycles. The van der Waals surface area contributed by atoms with Gasteiger partial charge in [0.2, 0.25) is 0 Å². The molecule has 5 heteroatoms. The molecular weight excluding hydrogens is 220 g/mol. The second kappa shape index (κ2) is 4.55. The Morgan fingerprint density at radius 1 is 1.35 bits per heavy atom. The van der Waals surface area contributed by atoms with Crippen molar-refractivity contribution >= 4 is 5.97 Å². The molecule has 1 atom stereocenters. The van der Waals surface area contributed by atoms with Crippen LogP contribution in [0.15, 0.2) is 0 Å². The summed E-state index contributed by atoms with van der Waals surface area (Å²) in [5.74, 6) is -0.698. The molecule has 0 aromatic heterocycles. The maximum absolute atomic E-state index is 11.7. The molecule has 2 fully saturated rings. The van der Waals surface area contributed by atoms with E-state index in [4.69, 9.17) is 4.74 Å². The van der Waals surface area contributed by atoms with Gasteiger partial charge in [0.1, 0.15) is 5.54 Å². The average molecular weight is 242 g/mol. The van der Waals surface area contributed by atoms with Crippen LogP contribution in [0.4, 0.5) is 0 Å². The number of hydrogen-bond donors (Lipinski definition) is 2. The Morgan fingerprint density at radius 2 is 2.00 bits per heavy atom. The number of nitrogens with one attached hydrogen (secondary N) is 1. The van der Waals surface area contributed by atoms with E-state index < -0.39 is 11.5 Å². The second-order valence-electron chi connectivity index (χ2n) is 5.61. The first-order valence-electron chi connectivity index (χ1n) is 6.29. The Balaban J connectivity index is 2.22. The van der Waals surface area contributed by atoms with Gasteiger partial charge in [0, 0.05) is 39.2 Å². The van der Waals surface area contributed by atoms with E-state index in [2.05, 4.69) is 10.2 Å². The van der Waals surface area contributed by atoms with Gasteiger partial charge >= 0.3 is 5.97 Å². The van der Waals surface area contributed by atoms with E-state index in [0.717, 1.165) is 26.2 Å². The summed E-state index contributed by atoms with van der Waals surface area (Å²) in [6.07, 6.45) is 1.15. The molecule has 0 aromatic rings. The fourth-order valence-electron chi connectivity index (χ4n) is 3.02. The minimum absolute atomic E-state index is 0.346. The van der Waals surface area contributed by atoms with Gasteiger partial charge in [0.15, 0.2) is 0 Å². The number of carboxylic acids is 1. The van der Waals surface area contributed by atoms with Crippen molar-refractivity contribution in [1.82, 2.24) is 10.2 Å². The van der Waals surface area contributed by atoms with Gasteiger partial charge in [0.05, 0.1) is 5.60 Å². The van der Waals surface area contributed by atoms with Crippen LogP contribution in [0.2, 0.25) is 0 Å². The minimum Gasteiger partial charge on any atom is -0.480 e. The van der Waals surface area contributed by atoms with E-state index in [1.54, 1.807) is 0 Å². The van der Waals surface area contributed by atoms with Crippen LogP contribution < -0.4 is 5.32 Å². The molecule has 2 N–H and O–H groups in total. The fourth-order valence-corrected chi connectivity index (χ4v) is 3.02. The molecule has 2 saturated heterocycles. The Labute approximate surface area is 102 Å². The summed E-state index contributed by atoms with van der Waals surface area (Å²) in [6.45, 7) is 7.85. The third-order valence-corrected chi connectivity index (χ3v) is 3.85. The lowest BCUT2D eigenvalue weighted by Crippen LogP contribution is -2.64. The topological polar surface area (TPSA) is 61.8 Å². The summed E-state index contributed by atoms with van der Waals surface area (Å²) in [6, 6.07) is 0. The van der Waals surface area contributed by atoms with E-state index in [1.165, 1.54) is 0 Å². The van der Waals surface area contributed by atoms with Crippen molar-refractivity contribution in [2.75, 3.05) is 32.8 Å². The molecule has 0 amide bonds. The van der Waals surface area contributed by atoms with Crippen molar-refractivity contribution in [3.05, 3.63) is 0 Å². The SMILES string of the molecule is CC1(C)CC(C(=O)O)(N2CCNCC2)CCO1. The van der Waals surface area contributed by atoms with Crippen LogP contribution in [0.5, 0.6) is 0 Å². The van der Waals surface area contributed by atoms with Crippen molar-refractivity contribution in [1.29, 1.82) is 0 Å². The van der Waals surface area contributed by atoms with Crippen LogP contribution in [0, 0.1) is 0 Å². The zero-order valence-corrected chi connectivity index (χ0v) is 10.7. The van der Waals surface area contributed by atoms with Crippen LogP contribution >= 0.6 is 0 Å². The zero-order chi connectivity index (χ0) is 12.5. The van der Waals surface area contributed by atoms with E-state index in [0.29, 0.717) is 19.4 Å². The molecule has 0 radical (unpaired) electrons. The number of piperazine rings is 1. The highest BCUT2D eigenvalue weighted by Gasteiger charge is 2.50. The minimum atomic E-state index is -0.732. The summed E-state index contributed by atoms with van der Waals surface area (Å²) in [7, 11) is 0. The van der Waals surface area contributed by atoms with E-state index >= 15 is 0 Å². The first kappa shape index (κ1) is 12.8. The zero-order valence-electron chi connectivity index (χ0n) is 10.7. The van der Waals surface area contributed by atoms with Gasteiger partial charge in [-0.3, -0.25) is 9.69 Å². The number of carboxylic acid groups (broad SMARTS) is 1. The van der Waals surface area contributed by atoms with Crippen molar-refractivity contribution in [3.8, 4) is 0 Å². The Bertz CT molecular complexity index is 300. The predicted molar refractivity (Wildman–Crippen MR) is 64.1 cm³/mol. The van der Waals surface area contributed by atoms with Gasteiger partial charge in [-0.05, 0) is 20.3 Å². The lowest BCUT2D eigenvalue weighted by atomic mass is 9.79. The van der Waals surface area contributed by atoms with Gasteiger partial charge < -0.3 is 15.2 Å². The first-order chi connectivity index (χ1) is 7.96. The number of carbonyl (C=O) groups is 1. The van der Waals surface area contributed by atoms with Gasteiger partial charge in [-0.15, -0.1) is 0 Å². The predicted octanol–water partition coefficient (Wildman–Crippen LogP) is 0.304. The molecule has 0 bridgehead atoms. The van der Waals surface area contributed by atoms with Crippen LogP contribution in [0.25, 0.3) is 0 Å². The third kappa shape index (κ3) is 2.46. The molecule has 17 heavy (non-hydrogen) atoms. The van der Waals surface area contributed by atoms with Crippen LogP contribution in [-0.2, 0) is 9.53 Å². The molecule has 1 unspecified atom stereocenters. The van der Waals surface area contributed by atoms with Gasteiger partial charge in [-0.25, -0.2) is 0 Å². The highest BCUT2D eigenvalue weighted by Crippen LogP contribution is 2.36. The number of aliphatic carboxylic acids is 1. The highest BCUT2D eigenvalue weighted by atomic mass is 16.5. The molecule has 2 aliphatic heterocycles. The molecule has 98 valence electrons. The molecule has 0 spiro atoms. The lowest BCUT2D eigenvalue weighted by Gasteiger charge is -2.49. The number of rotatable bonds is 2. The third-order valence-electron chi connectivity index (χ3n) is 3.85. The number of hydrogen-bond acceptors (Lipinski definition) is 4. The Kier molecular flexibility index (Phi) is 3.43. The highest BCUT2D eigenvalue weighted by molar-refractivity contribution is 5.79. The van der Waals surface area contributed by atoms with Gasteiger partial charge in [-0.2, -0.15) is 0 Å². The molecule has 0 aliphatic carbocycles. The van der Waals surface area contributed by atoms with Crippen molar-refractivity contribution < 1.29 is 14.6 Å². The number of ether oxygens (including phenoxy) is 1. The maximum atomic E-state index is 11.7. The maximum Gasteiger partial charge on any atom is 0.324 e.